The molecule has 1 aromatic carbocycles. The number of aryl methyl sites for hydroxylation is 1. The van der Waals surface area contributed by atoms with E-state index in [0.717, 1.165) is 5.56 Å². The van der Waals surface area contributed by atoms with Gasteiger partial charge < -0.3 is 9.88 Å². The number of amides is 1. The molecule has 232 valence electrons. The first kappa shape index (κ1) is 30.6. The molecule has 4 aromatic heterocycles. The molecule has 0 radical (unpaired) electrons. The van der Waals surface area contributed by atoms with Crippen molar-refractivity contribution in [1.29, 1.82) is 0 Å². The highest BCUT2D eigenvalue weighted by Gasteiger charge is 2.26. The van der Waals surface area contributed by atoms with Gasteiger partial charge in [0.25, 0.3) is 5.56 Å². The Hall–Kier alpha value is -4.42. The molecule has 0 saturated carbocycles. The molecule has 2 bridgehead atoms. The molecule has 1 N–H and O–H groups in total. The number of nitrogens with one attached hydrogen (secondary N) is 1. The van der Waals surface area contributed by atoms with Crippen molar-refractivity contribution in [3.63, 3.8) is 0 Å². The Bertz CT molecular complexity index is 1950. The van der Waals surface area contributed by atoms with Crippen LogP contribution < -0.4 is 10.9 Å². The first-order valence-corrected chi connectivity index (χ1v) is 15.2. The molecule has 0 spiro atoms. The largest absolute Gasteiger partial charge is 0.333 e. The van der Waals surface area contributed by atoms with Gasteiger partial charge in [-0.05, 0) is 60.7 Å². The quantitative estimate of drug-likeness (QED) is 0.219. The summed E-state index contributed by atoms with van der Waals surface area (Å²) in [5.74, 6) is -0.701. The lowest BCUT2D eigenvalue weighted by Crippen LogP contribution is -2.27. The minimum atomic E-state index is -2.93. The molecule has 14 heteroatoms. The fraction of sp³-hybridized carbons (Fsp3) is 0.290. The van der Waals surface area contributed by atoms with Gasteiger partial charge in [0.1, 0.15) is 0 Å². The van der Waals surface area contributed by atoms with Crippen molar-refractivity contribution in [2.45, 2.75) is 52.1 Å². The highest BCUT2D eigenvalue weighted by molar-refractivity contribution is 6.31. The average molecular weight is 654 g/mol. The summed E-state index contributed by atoms with van der Waals surface area (Å²) in [6.45, 7) is 0.832. The van der Waals surface area contributed by atoms with Crippen LogP contribution in [0.4, 0.5) is 14.5 Å². The van der Waals surface area contributed by atoms with Gasteiger partial charge in [-0.2, -0.15) is 13.9 Å². The Morgan fingerprint density at radius 2 is 1.89 bits per heavy atom. The van der Waals surface area contributed by atoms with E-state index in [0.29, 0.717) is 63.5 Å². The number of pyridine rings is 2. The first-order chi connectivity index (χ1) is 21.6. The second-order valence-electron chi connectivity index (χ2n) is 10.9. The Labute approximate surface area is 266 Å². The van der Waals surface area contributed by atoms with Crippen LogP contribution in [0.1, 0.15) is 57.0 Å². The number of nitrogens with zero attached hydrogens (tertiary/aromatic N) is 7. The van der Waals surface area contributed by atoms with E-state index in [1.807, 2.05) is 13.1 Å². The monoisotopic (exact) mass is 652 g/mol. The van der Waals surface area contributed by atoms with Gasteiger partial charge in [0.05, 0.1) is 41.2 Å². The van der Waals surface area contributed by atoms with Gasteiger partial charge in [-0.1, -0.05) is 48.7 Å². The van der Waals surface area contributed by atoms with Crippen molar-refractivity contribution in [2.75, 3.05) is 5.32 Å². The third kappa shape index (κ3) is 5.99. The number of benzene rings is 1. The predicted molar refractivity (Wildman–Crippen MR) is 167 cm³/mol. The number of alkyl halides is 2. The zero-order valence-corrected chi connectivity index (χ0v) is 25.8. The minimum absolute atomic E-state index is 0.0622. The van der Waals surface area contributed by atoms with E-state index in [-0.39, 0.29) is 28.0 Å². The van der Waals surface area contributed by atoms with Crippen molar-refractivity contribution >= 4 is 34.8 Å². The molecule has 0 aliphatic carbocycles. The molecule has 1 amide bonds. The van der Waals surface area contributed by atoms with Crippen LogP contribution in [0.15, 0.2) is 66.0 Å². The summed E-state index contributed by atoms with van der Waals surface area (Å²) in [6, 6.07) is 9.56. The smallest absolute Gasteiger partial charge is 0.323 e. The Morgan fingerprint density at radius 1 is 1.07 bits per heavy atom. The number of carbonyl (C=O) groups is 1. The van der Waals surface area contributed by atoms with Gasteiger partial charge in [0.2, 0.25) is 5.91 Å². The Morgan fingerprint density at radius 3 is 2.62 bits per heavy atom. The lowest BCUT2D eigenvalue weighted by atomic mass is 9.95. The number of fused-ring (bicyclic) bond motifs is 4. The molecule has 10 nitrogen and oxygen atoms in total. The molecule has 6 rings (SSSR count). The molecule has 5 aromatic rings. The summed E-state index contributed by atoms with van der Waals surface area (Å²) in [5, 5.41) is 15.3. The molecule has 2 atom stereocenters. The summed E-state index contributed by atoms with van der Waals surface area (Å²) < 4.78 is 31.7. The number of carbonyl (C=O) groups excluding carboxylic acids is 1. The SMILES string of the molecule is CCc1cn([C@@H]2CCC[C@@H](C)C(=O)Nc3cnn(C(F)F)c3-c3ccnc2c3)c(=O)cc1-c1cc(Cl)ccc1-n1cc(Cl)nn1. The zero-order chi connectivity index (χ0) is 31.8. The standard InChI is InChI=1S/C31H28Cl2F2N8O2/c1-3-18-15-41(28(44)13-21(18)22-12-20(32)7-8-25(22)42-16-27(33)39-40-42)26-6-4-5-17(2)30(45)38-24-14-37-43(31(34)35)29(24)19-9-10-36-23(26)11-19/h7-17,26,31H,3-6H2,1-2H3,(H,38,45)/t17-,26-/m1/s1. The highest BCUT2D eigenvalue weighted by atomic mass is 35.5. The molecule has 0 saturated heterocycles. The topological polar surface area (TPSA) is 113 Å². The number of rotatable bonds is 5. The summed E-state index contributed by atoms with van der Waals surface area (Å²) in [4.78, 5) is 31.5. The lowest BCUT2D eigenvalue weighted by molar-refractivity contribution is -0.119. The van der Waals surface area contributed by atoms with Gasteiger partial charge in [0.15, 0.2) is 5.15 Å². The van der Waals surface area contributed by atoms with E-state index >= 15 is 0 Å². The highest BCUT2D eigenvalue weighted by Crippen LogP contribution is 2.36. The van der Waals surface area contributed by atoms with E-state index < -0.39 is 18.5 Å². The van der Waals surface area contributed by atoms with Crippen LogP contribution in [0.25, 0.3) is 28.1 Å². The van der Waals surface area contributed by atoms with Crippen molar-refractivity contribution in [1.82, 2.24) is 34.3 Å². The lowest BCUT2D eigenvalue weighted by Gasteiger charge is -2.24. The van der Waals surface area contributed by atoms with Crippen molar-refractivity contribution in [3.05, 3.63) is 93.0 Å². The van der Waals surface area contributed by atoms with Gasteiger partial charge >= 0.3 is 6.55 Å². The van der Waals surface area contributed by atoms with Crippen LogP contribution in [0, 0.1) is 5.92 Å². The fourth-order valence-electron chi connectivity index (χ4n) is 5.75. The van der Waals surface area contributed by atoms with Crippen molar-refractivity contribution < 1.29 is 13.6 Å². The van der Waals surface area contributed by atoms with Crippen LogP contribution >= 0.6 is 23.2 Å². The molecule has 1 aliphatic rings. The zero-order valence-electron chi connectivity index (χ0n) is 24.3. The maximum atomic E-state index is 14.0. The Balaban J connectivity index is 1.50. The Kier molecular flexibility index (Phi) is 8.52. The van der Waals surface area contributed by atoms with E-state index in [2.05, 4.69) is 25.7 Å². The summed E-state index contributed by atoms with van der Waals surface area (Å²) in [7, 11) is 0. The van der Waals surface area contributed by atoms with Gasteiger partial charge in [-0.15, -0.1) is 5.10 Å². The normalized spacial score (nSPS) is 17.0. The maximum absolute atomic E-state index is 14.0. The number of hydrogen-bond acceptors (Lipinski definition) is 6. The third-order valence-electron chi connectivity index (χ3n) is 8.04. The van der Waals surface area contributed by atoms with Crippen LogP contribution in [0.3, 0.4) is 0 Å². The molecule has 45 heavy (non-hydrogen) atoms. The van der Waals surface area contributed by atoms with Crippen LogP contribution in [-0.2, 0) is 11.2 Å². The van der Waals surface area contributed by atoms with Crippen molar-refractivity contribution in [3.8, 4) is 28.1 Å². The molecular formula is C31H28Cl2F2N8O2. The number of anilines is 1. The van der Waals surface area contributed by atoms with Gasteiger partial charge in [-0.25, -0.2) is 9.36 Å². The minimum Gasteiger partial charge on any atom is -0.323 e. The first-order valence-electron chi connectivity index (χ1n) is 14.4. The number of halogens is 4. The van der Waals surface area contributed by atoms with E-state index in [1.54, 1.807) is 54.1 Å². The molecule has 0 fully saturated rings. The maximum Gasteiger partial charge on any atom is 0.333 e. The van der Waals surface area contributed by atoms with Crippen LogP contribution in [-0.4, -0.2) is 40.2 Å². The summed E-state index contributed by atoms with van der Waals surface area (Å²) >= 11 is 12.5. The summed E-state index contributed by atoms with van der Waals surface area (Å²) in [5.41, 5.74) is 3.72. The predicted octanol–water partition coefficient (Wildman–Crippen LogP) is 6.97. The van der Waals surface area contributed by atoms with Crippen LogP contribution in [0.5, 0.6) is 0 Å². The molecule has 0 unspecified atom stereocenters. The number of hydrogen-bond donors (Lipinski definition) is 1. The van der Waals surface area contributed by atoms with Gasteiger partial charge in [-0.3, -0.25) is 14.6 Å². The second-order valence-corrected chi connectivity index (χ2v) is 11.7. The van der Waals surface area contributed by atoms with E-state index in [4.69, 9.17) is 23.2 Å². The fourth-order valence-corrected chi connectivity index (χ4v) is 6.05. The van der Waals surface area contributed by atoms with Crippen molar-refractivity contribution in [2.24, 2.45) is 5.92 Å². The van der Waals surface area contributed by atoms with Gasteiger partial charge in [0, 0.05) is 40.5 Å². The second kappa shape index (κ2) is 12.5. The number of aromatic nitrogens is 7. The summed E-state index contributed by atoms with van der Waals surface area (Å²) in [6.07, 6.45) is 8.30. The average Bonchev–Trinajstić information content (AvgIpc) is 3.65. The molecule has 5 heterocycles. The van der Waals surface area contributed by atoms with Crippen LogP contribution in [0.2, 0.25) is 10.2 Å². The molecular weight excluding hydrogens is 625 g/mol. The molecule has 1 aliphatic heterocycles. The third-order valence-corrected chi connectivity index (χ3v) is 8.45. The van der Waals surface area contributed by atoms with E-state index in [1.165, 1.54) is 17.1 Å². The van der Waals surface area contributed by atoms with E-state index in [9.17, 15) is 18.4 Å².